The molecule has 0 bridgehead atoms. The molecule has 0 saturated carbocycles. The first-order valence-electron chi connectivity index (χ1n) is 5.51. The second-order valence-electron chi connectivity index (χ2n) is 4.07. The first-order chi connectivity index (χ1) is 8.36. The number of carbonyl (C=O) groups is 2. The summed E-state index contributed by atoms with van der Waals surface area (Å²) >= 11 is -2.37. The maximum absolute atomic E-state index is 11.7. The number of hydrogen-bond acceptors (Lipinski definition) is 4. The molecule has 0 N–H and O–H groups in total. The Hall–Kier alpha value is -0.541. The van der Waals surface area contributed by atoms with Gasteiger partial charge < -0.3 is 0 Å². The normalized spacial score (nSPS) is 19.4. The third kappa shape index (κ3) is 4.29. The van der Waals surface area contributed by atoms with E-state index in [9.17, 15) is 9.59 Å². The zero-order valence-corrected chi connectivity index (χ0v) is 14.1. The van der Waals surface area contributed by atoms with Crippen LogP contribution >= 0.6 is 0 Å². The van der Waals surface area contributed by atoms with Crippen molar-refractivity contribution in [1.29, 1.82) is 0 Å². The fourth-order valence-electron chi connectivity index (χ4n) is 1.18. The van der Waals surface area contributed by atoms with Gasteiger partial charge in [0.2, 0.25) is 0 Å². The predicted octanol–water partition coefficient (Wildman–Crippen LogP) is 2.22. The predicted molar refractivity (Wildman–Crippen MR) is 72.5 cm³/mol. The van der Waals surface area contributed by atoms with Gasteiger partial charge in [-0.15, -0.1) is 0 Å². The van der Waals surface area contributed by atoms with E-state index in [1.807, 2.05) is 0 Å². The van der Waals surface area contributed by atoms with Crippen LogP contribution < -0.4 is 0 Å². The molecule has 6 heteroatoms. The Morgan fingerprint density at radius 3 is 1.72 bits per heavy atom. The summed E-state index contributed by atoms with van der Waals surface area (Å²) in [5.74, 6) is -0.891. The fourth-order valence-corrected chi connectivity index (χ4v) is 14.2. The van der Waals surface area contributed by atoms with Crippen LogP contribution in [0.15, 0.2) is 24.3 Å². The van der Waals surface area contributed by atoms with Gasteiger partial charge in [0.05, 0.1) is 0 Å². The van der Waals surface area contributed by atoms with E-state index in [4.69, 9.17) is 7.64 Å². The molecular weight excluding hydrogens is 366 g/mol. The zero-order valence-electron chi connectivity index (χ0n) is 10.7. The van der Waals surface area contributed by atoms with E-state index >= 15 is 0 Å². The van der Waals surface area contributed by atoms with Crippen molar-refractivity contribution in [1.82, 2.24) is 0 Å². The monoisotopic (exact) mass is 386 g/mol. The van der Waals surface area contributed by atoms with E-state index in [0.717, 1.165) is 10.6 Å². The Kier molecular flexibility index (Phi) is 5.67. The first kappa shape index (κ1) is 15.5. The molecule has 0 aromatic rings. The molecule has 1 saturated heterocycles. The Labute approximate surface area is 117 Å². The van der Waals surface area contributed by atoms with Gasteiger partial charge in [0.25, 0.3) is 0 Å². The zero-order chi connectivity index (χ0) is 13.8. The van der Waals surface area contributed by atoms with Crippen LogP contribution in [0, 0.1) is 0 Å². The van der Waals surface area contributed by atoms with Gasteiger partial charge in [-0.1, -0.05) is 0 Å². The van der Waals surface area contributed by atoms with Gasteiger partial charge in [-0.2, -0.15) is 0 Å². The van der Waals surface area contributed by atoms with Crippen molar-refractivity contribution in [2.75, 3.05) is 0 Å². The van der Waals surface area contributed by atoms with E-state index < -0.39 is 25.4 Å². The summed E-state index contributed by atoms with van der Waals surface area (Å²) in [4.78, 5) is 23.4. The van der Waals surface area contributed by atoms with Crippen LogP contribution in [0.25, 0.3) is 0 Å². The molecule has 0 aromatic carbocycles. The summed E-state index contributed by atoms with van der Waals surface area (Å²) in [5.41, 5.74) is 0.683. The Morgan fingerprint density at radius 2 is 1.39 bits per heavy atom. The van der Waals surface area contributed by atoms with Gasteiger partial charge in [0.1, 0.15) is 0 Å². The molecule has 4 nitrogen and oxygen atoms in total. The standard InChI is InChI=1S/C12H18O4Se2/c1-9(2)11(13)15-18(7-5-17-6-8-18)16-12(14)10(3)4/h1,3,5-8H2,2,4H3. The van der Waals surface area contributed by atoms with Crippen LogP contribution in [0.3, 0.4) is 0 Å². The molecular formula is C12H18O4Se2. The molecule has 0 amide bonds. The van der Waals surface area contributed by atoms with E-state index in [1.54, 1.807) is 13.8 Å². The molecule has 1 fully saturated rings. The van der Waals surface area contributed by atoms with Crippen LogP contribution in [-0.4, -0.2) is 40.4 Å². The summed E-state index contributed by atoms with van der Waals surface area (Å²) in [6.45, 7) is 10.3. The van der Waals surface area contributed by atoms with Crippen molar-refractivity contribution in [2.24, 2.45) is 0 Å². The second-order valence-corrected chi connectivity index (χ2v) is 12.2. The molecule has 1 rings (SSSR count). The topological polar surface area (TPSA) is 52.6 Å². The van der Waals surface area contributed by atoms with Crippen LogP contribution in [0.5, 0.6) is 0 Å². The molecule has 102 valence electrons. The quantitative estimate of drug-likeness (QED) is 0.551. The van der Waals surface area contributed by atoms with Crippen LogP contribution in [-0.2, 0) is 17.2 Å². The van der Waals surface area contributed by atoms with Gasteiger partial charge in [0.15, 0.2) is 0 Å². The number of rotatable bonds is 4. The first-order valence-corrected chi connectivity index (χ1v) is 11.8. The van der Waals surface area contributed by atoms with Crippen molar-refractivity contribution in [3.8, 4) is 0 Å². The minimum absolute atomic E-state index is 0.342. The molecule has 0 spiro atoms. The van der Waals surface area contributed by atoms with Gasteiger partial charge in [-0.05, 0) is 0 Å². The van der Waals surface area contributed by atoms with E-state index in [1.165, 1.54) is 0 Å². The van der Waals surface area contributed by atoms with Crippen molar-refractivity contribution in [3.63, 3.8) is 0 Å². The van der Waals surface area contributed by atoms with Crippen molar-refractivity contribution < 1.29 is 17.2 Å². The summed E-state index contributed by atoms with van der Waals surface area (Å²) < 4.78 is 11.0. The molecule has 18 heavy (non-hydrogen) atoms. The Bertz CT molecular complexity index is 354. The SMILES string of the molecule is C=C(C)C(=O)O[Se]1(OC(=O)C(=C)C)CC[Se]CC1. The molecule has 1 heterocycles. The van der Waals surface area contributed by atoms with E-state index in [2.05, 4.69) is 13.2 Å². The number of carbonyl (C=O) groups excluding carboxylic acids is 2. The average Bonchev–Trinajstić information content (AvgIpc) is 2.29. The molecule has 1 aliphatic rings. The van der Waals surface area contributed by atoms with Crippen LogP contribution in [0.2, 0.25) is 21.3 Å². The minimum atomic E-state index is -2.94. The van der Waals surface area contributed by atoms with Gasteiger partial charge in [0, 0.05) is 0 Å². The summed E-state index contributed by atoms with van der Waals surface area (Å²) in [6, 6.07) is 0. The Balaban J connectivity index is 2.81. The summed E-state index contributed by atoms with van der Waals surface area (Å²) in [7, 11) is 0. The maximum atomic E-state index is 11.7. The van der Waals surface area contributed by atoms with Crippen molar-refractivity contribution in [2.45, 2.75) is 35.1 Å². The summed E-state index contributed by atoms with van der Waals surface area (Å²) in [6.07, 6.45) is 0. The van der Waals surface area contributed by atoms with Crippen LogP contribution in [0.1, 0.15) is 13.8 Å². The Morgan fingerprint density at radius 1 is 1.00 bits per heavy atom. The average molecular weight is 384 g/mol. The molecule has 0 atom stereocenters. The van der Waals surface area contributed by atoms with E-state index in [-0.39, 0.29) is 0 Å². The van der Waals surface area contributed by atoms with Gasteiger partial charge in [-0.25, -0.2) is 0 Å². The van der Waals surface area contributed by atoms with Crippen molar-refractivity contribution in [3.05, 3.63) is 24.3 Å². The molecule has 1 aliphatic heterocycles. The molecule has 0 unspecified atom stereocenters. The second kappa shape index (κ2) is 6.57. The fraction of sp³-hybridized carbons (Fsp3) is 0.500. The third-order valence-electron chi connectivity index (χ3n) is 2.23. The van der Waals surface area contributed by atoms with E-state index in [0.29, 0.717) is 36.7 Å². The van der Waals surface area contributed by atoms with Gasteiger partial charge >= 0.3 is 117 Å². The molecule has 0 aliphatic carbocycles. The molecule has 0 aromatic heterocycles. The summed E-state index contributed by atoms with van der Waals surface area (Å²) in [5, 5.41) is 3.43. The van der Waals surface area contributed by atoms with Gasteiger partial charge in [-0.3, -0.25) is 0 Å². The third-order valence-corrected chi connectivity index (χ3v) is 12.3. The van der Waals surface area contributed by atoms with Crippen molar-refractivity contribution >= 4 is 40.4 Å². The molecule has 0 radical (unpaired) electrons. The van der Waals surface area contributed by atoms with Crippen LogP contribution in [0.4, 0.5) is 0 Å². The number of hydrogen-bond donors (Lipinski definition) is 0.